The van der Waals surface area contributed by atoms with Gasteiger partial charge in [-0.3, -0.25) is 4.79 Å². The first-order valence-corrected chi connectivity index (χ1v) is 5.06. The van der Waals surface area contributed by atoms with E-state index in [9.17, 15) is 13.6 Å². The van der Waals surface area contributed by atoms with Gasteiger partial charge in [-0.2, -0.15) is 0 Å². The molecule has 1 aliphatic carbocycles. The summed E-state index contributed by atoms with van der Waals surface area (Å²) in [7, 11) is 0. The maximum atomic E-state index is 13.3. The summed E-state index contributed by atoms with van der Waals surface area (Å²) in [4.78, 5) is 11.1. The van der Waals surface area contributed by atoms with E-state index in [1.165, 1.54) is 0 Å². The van der Waals surface area contributed by atoms with Gasteiger partial charge in [0, 0.05) is 17.9 Å². The second-order valence-corrected chi connectivity index (χ2v) is 4.20. The molecule has 1 aliphatic rings. The molecule has 1 atom stereocenters. The Hall–Kier alpha value is -0.770. The number of carbonyl (C=O) groups excluding carboxylic acids is 1. The molecule has 74 valence electrons. The minimum atomic E-state index is -0.527. The molecule has 0 amide bonds. The van der Waals surface area contributed by atoms with Crippen molar-refractivity contribution in [2.75, 3.05) is 0 Å². The van der Waals surface area contributed by atoms with E-state index in [1.54, 1.807) is 0 Å². The first kappa shape index (κ1) is 9.77. The van der Waals surface area contributed by atoms with Crippen molar-refractivity contribution in [3.05, 3.63) is 33.8 Å². The second-order valence-electron chi connectivity index (χ2n) is 3.35. The summed E-state index contributed by atoms with van der Waals surface area (Å²) in [5, 5.41) is 0. The molecular weight excluding hydrogens is 254 g/mol. The summed E-state index contributed by atoms with van der Waals surface area (Å²) in [6.07, 6.45) is 1.10. The van der Waals surface area contributed by atoms with Gasteiger partial charge in [0.2, 0.25) is 0 Å². The van der Waals surface area contributed by atoms with Crippen LogP contribution in [0.25, 0.3) is 0 Å². The summed E-state index contributed by atoms with van der Waals surface area (Å²) in [6, 6.07) is 2.16. The summed E-state index contributed by atoms with van der Waals surface area (Å²) in [5.74, 6) is -1.49. The van der Waals surface area contributed by atoms with Crippen LogP contribution in [0.1, 0.15) is 24.3 Å². The third-order valence-electron chi connectivity index (χ3n) is 2.48. The third-order valence-corrected chi connectivity index (χ3v) is 3.09. The van der Waals surface area contributed by atoms with Crippen LogP contribution >= 0.6 is 15.9 Å². The van der Waals surface area contributed by atoms with Crippen LogP contribution in [0.4, 0.5) is 8.78 Å². The van der Waals surface area contributed by atoms with Crippen molar-refractivity contribution in [1.29, 1.82) is 0 Å². The van der Waals surface area contributed by atoms with Crippen molar-refractivity contribution in [3.63, 3.8) is 0 Å². The Balaban J connectivity index is 2.43. The fourth-order valence-electron chi connectivity index (χ4n) is 1.54. The smallest absolute Gasteiger partial charge is 0.140 e. The predicted molar refractivity (Wildman–Crippen MR) is 51.0 cm³/mol. The van der Waals surface area contributed by atoms with Crippen molar-refractivity contribution in [3.8, 4) is 0 Å². The van der Waals surface area contributed by atoms with E-state index in [4.69, 9.17) is 0 Å². The van der Waals surface area contributed by atoms with E-state index in [0.717, 1.165) is 12.1 Å². The topological polar surface area (TPSA) is 17.1 Å². The molecule has 0 bridgehead atoms. The lowest BCUT2D eigenvalue weighted by atomic mass is 9.78. The average Bonchev–Trinajstić information content (AvgIpc) is 2.12. The SMILES string of the molecule is O=C1CCC1c1cc(F)c(Br)cc1F. The minimum Gasteiger partial charge on any atom is -0.299 e. The number of hydrogen-bond donors (Lipinski definition) is 0. The van der Waals surface area contributed by atoms with E-state index in [1.807, 2.05) is 0 Å². The molecule has 0 aromatic heterocycles. The van der Waals surface area contributed by atoms with Crippen LogP contribution < -0.4 is 0 Å². The zero-order chi connectivity index (χ0) is 10.3. The number of hydrogen-bond acceptors (Lipinski definition) is 1. The highest BCUT2D eigenvalue weighted by molar-refractivity contribution is 9.10. The number of halogens is 3. The molecule has 1 saturated carbocycles. The fourth-order valence-corrected chi connectivity index (χ4v) is 1.86. The minimum absolute atomic E-state index is 0.00868. The van der Waals surface area contributed by atoms with Crippen LogP contribution in [0, 0.1) is 11.6 Å². The van der Waals surface area contributed by atoms with Gasteiger partial charge in [-0.25, -0.2) is 8.78 Å². The first-order chi connectivity index (χ1) is 6.59. The van der Waals surface area contributed by atoms with Crippen LogP contribution in [-0.2, 0) is 4.79 Å². The average molecular weight is 261 g/mol. The quantitative estimate of drug-likeness (QED) is 0.709. The highest BCUT2D eigenvalue weighted by Gasteiger charge is 2.32. The first-order valence-electron chi connectivity index (χ1n) is 4.26. The van der Waals surface area contributed by atoms with Crippen LogP contribution in [0.2, 0.25) is 0 Å². The van der Waals surface area contributed by atoms with E-state index in [0.29, 0.717) is 12.8 Å². The van der Waals surface area contributed by atoms with Crippen molar-refractivity contribution in [1.82, 2.24) is 0 Å². The molecule has 1 nitrogen and oxygen atoms in total. The monoisotopic (exact) mass is 260 g/mol. The lowest BCUT2D eigenvalue weighted by Crippen LogP contribution is -2.24. The van der Waals surface area contributed by atoms with Gasteiger partial charge < -0.3 is 0 Å². The number of carbonyl (C=O) groups is 1. The number of ketones is 1. The summed E-state index contributed by atoms with van der Waals surface area (Å²) in [6.45, 7) is 0. The lowest BCUT2D eigenvalue weighted by molar-refractivity contribution is -0.125. The summed E-state index contributed by atoms with van der Waals surface area (Å²) < 4.78 is 26.5. The number of benzene rings is 1. The highest BCUT2D eigenvalue weighted by Crippen LogP contribution is 2.35. The number of Topliss-reactive ketones (excluding diaryl/α,β-unsaturated/α-hetero) is 1. The van der Waals surface area contributed by atoms with Crippen LogP contribution in [0.15, 0.2) is 16.6 Å². The fraction of sp³-hybridized carbons (Fsp3) is 0.300. The van der Waals surface area contributed by atoms with E-state index >= 15 is 0 Å². The molecule has 0 N–H and O–H groups in total. The Kier molecular flexibility index (Phi) is 2.39. The molecule has 0 saturated heterocycles. The van der Waals surface area contributed by atoms with Crippen LogP contribution in [0.3, 0.4) is 0 Å². The van der Waals surface area contributed by atoms with E-state index in [2.05, 4.69) is 15.9 Å². The largest absolute Gasteiger partial charge is 0.299 e. The van der Waals surface area contributed by atoms with E-state index < -0.39 is 17.6 Å². The molecular formula is C10H7BrF2O. The summed E-state index contributed by atoms with van der Waals surface area (Å²) >= 11 is 2.88. The Morgan fingerprint density at radius 1 is 1.29 bits per heavy atom. The van der Waals surface area contributed by atoms with Gasteiger partial charge in [-0.1, -0.05) is 0 Å². The van der Waals surface area contributed by atoms with Crippen molar-refractivity contribution >= 4 is 21.7 Å². The molecule has 0 spiro atoms. The van der Waals surface area contributed by atoms with Crippen molar-refractivity contribution < 1.29 is 13.6 Å². The molecule has 1 unspecified atom stereocenters. The molecule has 4 heteroatoms. The standard InChI is InChI=1S/C10H7BrF2O/c11-7-4-8(12)6(3-9(7)13)5-1-2-10(5)14/h3-5H,1-2H2. The number of rotatable bonds is 1. The van der Waals surface area contributed by atoms with Gasteiger partial charge in [0.25, 0.3) is 0 Å². The van der Waals surface area contributed by atoms with Crippen molar-refractivity contribution in [2.45, 2.75) is 18.8 Å². The molecule has 0 radical (unpaired) electrons. The highest BCUT2D eigenvalue weighted by atomic mass is 79.9. The Morgan fingerprint density at radius 2 is 2.00 bits per heavy atom. The second kappa shape index (κ2) is 3.42. The molecule has 1 fully saturated rings. The van der Waals surface area contributed by atoms with E-state index in [-0.39, 0.29) is 15.8 Å². The molecule has 0 aliphatic heterocycles. The summed E-state index contributed by atoms with van der Waals surface area (Å²) in [5.41, 5.74) is 0.182. The lowest BCUT2D eigenvalue weighted by Gasteiger charge is -2.24. The van der Waals surface area contributed by atoms with Crippen LogP contribution in [-0.4, -0.2) is 5.78 Å². The molecule has 0 heterocycles. The molecule has 2 rings (SSSR count). The zero-order valence-corrected chi connectivity index (χ0v) is 8.77. The van der Waals surface area contributed by atoms with Gasteiger partial charge in [0.05, 0.1) is 4.47 Å². The normalized spacial score (nSPS) is 20.8. The Labute approximate surface area is 88.2 Å². The third kappa shape index (κ3) is 1.47. The van der Waals surface area contributed by atoms with Crippen LogP contribution in [0.5, 0.6) is 0 Å². The van der Waals surface area contributed by atoms with Gasteiger partial charge in [0.1, 0.15) is 17.4 Å². The van der Waals surface area contributed by atoms with Gasteiger partial charge in [0.15, 0.2) is 0 Å². The Bertz CT molecular complexity index is 403. The van der Waals surface area contributed by atoms with Gasteiger partial charge in [-0.15, -0.1) is 0 Å². The molecule has 1 aromatic carbocycles. The van der Waals surface area contributed by atoms with Gasteiger partial charge >= 0.3 is 0 Å². The van der Waals surface area contributed by atoms with Crippen molar-refractivity contribution in [2.24, 2.45) is 0 Å². The molecule has 1 aromatic rings. The predicted octanol–water partition coefficient (Wildman–Crippen LogP) is 3.17. The maximum Gasteiger partial charge on any atom is 0.140 e. The molecule has 14 heavy (non-hydrogen) atoms. The van der Waals surface area contributed by atoms with Gasteiger partial charge in [-0.05, 0) is 34.5 Å². The maximum absolute atomic E-state index is 13.3. The zero-order valence-electron chi connectivity index (χ0n) is 7.19. The Morgan fingerprint density at radius 3 is 2.50 bits per heavy atom.